The first-order chi connectivity index (χ1) is 5.86. The van der Waals surface area contributed by atoms with Gasteiger partial charge in [-0.2, -0.15) is 5.26 Å². The summed E-state index contributed by atoms with van der Waals surface area (Å²) in [6.45, 7) is 2.99. The maximum atomic E-state index is 8.43. The minimum Gasteiger partial charge on any atom is -0.385 e. The lowest BCUT2D eigenvalue weighted by molar-refractivity contribution is 1.20. The molecule has 0 atom stereocenters. The van der Waals surface area contributed by atoms with E-state index in [4.69, 9.17) is 5.26 Å². The van der Waals surface area contributed by atoms with Gasteiger partial charge in [-0.05, 0) is 24.6 Å². The van der Waals surface area contributed by atoms with Crippen LogP contribution >= 0.6 is 0 Å². The SMILES string of the molecule is CCNc1ccc(CC#N)cc1. The average molecular weight is 160 g/mol. The molecule has 0 aromatic heterocycles. The lowest BCUT2D eigenvalue weighted by atomic mass is 10.1. The molecule has 1 N–H and O–H groups in total. The van der Waals surface area contributed by atoms with E-state index in [9.17, 15) is 0 Å². The van der Waals surface area contributed by atoms with Crippen molar-refractivity contribution >= 4 is 5.69 Å². The molecule has 0 spiro atoms. The van der Waals surface area contributed by atoms with Crippen LogP contribution in [0.4, 0.5) is 5.69 Å². The summed E-state index contributed by atoms with van der Waals surface area (Å²) in [6.07, 6.45) is 0.492. The van der Waals surface area contributed by atoms with Crippen LogP contribution in [-0.4, -0.2) is 6.54 Å². The average Bonchev–Trinajstić information content (AvgIpc) is 2.09. The van der Waals surface area contributed by atoms with Crippen molar-refractivity contribution in [1.82, 2.24) is 0 Å². The van der Waals surface area contributed by atoms with Crippen LogP contribution in [0.3, 0.4) is 0 Å². The Morgan fingerprint density at radius 2 is 2.00 bits per heavy atom. The predicted molar refractivity (Wildman–Crippen MR) is 49.9 cm³/mol. The van der Waals surface area contributed by atoms with E-state index in [0.717, 1.165) is 17.8 Å². The molecule has 62 valence electrons. The highest BCUT2D eigenvalue weighted by Crippen LogP contribution is 2.08. The summed E-state index contributed by atoms with van der Waals surface area (Å²) in [7, 11) is 0. The first-order valence-corrected chi connectivity index (χ1v) is 4.06. The van der Waals surface area contributed by atoms with Gasteiger partial charge < -0.3 is 5.32 Å². The minimum atomic E-state index is 0.492. The largest absolute Gasteiger partial charge is 0.385 e. The van der Waals surface area contributed by atoms with E-state index in [0.29, 0.717) is 6.42 Å². The molecule has 12 heavy (non-hydrogen) atoms. The second kappa shape index (κ2) is 4.40. The summed E-state index contributed by atoms with van der Waals surface area (Å²) >= 11 is 0. The molecule has 0 aliphatic rings. The van der Waals surface area contributed by atoms with Gasteiger partial charge in [0.25, 0.3) is 0 Å². The standard InChI is InChI=1S/C10H12N2/c1-2-12-10-5-3-9(4-6-10)7-8-11/h3-6,12H,2,7H2,1H3. The Bertz CT molecular complexity index is 269. The third-order valence-electron chi connectivity index (χ3n) is 1.62. The molecule has 0 unspecified atom stereocenters. The van der Waals surface area contributed by atoms with Gasteiger partial charge in [0.2, 0.25) is 0 Å². The molecule has 0 fully saturated rings. The van der Waals surface area contributed by atoms with Gasteiger partial charge in [0.05, 0.1) is 12.5 Å². The van der Waals surface area contributed by atoms with Crippen molar-refractivity contribution in [2.24, 2.45) is 0 Å². The lowest BCUT2D eigenvalue weighted by Crippen LogP contribution is -1.95. The van der Waals surface area contributed by atoms with E-state index < -0.39 is 0 Å². The zero-order valence-corrected chi connectivity index (χ0v) is 7.17. The number of nitrogens with zero attached hydrogens (tertiary/aromatic N) is 1. The van der Waals surface area contributed by atoms with Gasteiger partial charge in [-0.25, -0.2) is 0 Å². The smallest absolute Gasteiger partial charge is 0.0669 e. The fraction of sp³-hybridized carbons (Fsp3) is 0.300. The molecule has 1 aromatic carbocycles. The molecule has 0 saturated heterocycles. The van der Waals surface area contributed by atoms with E-state index >= 15 is 0 Å². The molecule has 0 aliphatic carbocycles. The van der Waals surface area contributed by atoms with Crippen LogP contribution in [0.2, 0.25) is 0 Å². The van der Waals surface area contributed by atoms with Gasteiger partial charge in [-0.1, -0.05) is 12.1 Å². The molecule has 2 heteroatoms. The number of hydrogen-bond donors (Lipinski definition) is 1. The monoisotopic (exact) mass is 160 g/mol. The van der Waals surface area contributed by atoms with Crippen LogP contribution in [0.5, 0.6) is 0 Å². The Morgan fingerprint density at radius 1 is 1.33 bits per heavy atom. The highest BCUT2D eigenvalue weighted by atomic mass is 14.8. The molecule has 0 radical (unpaired) electrons. The summed E-state index contributed by atoms with van der Waals surface area (Å²) < 4.78 is 0. The Hall–Kier alpha value is -1.49. The number of nitrogens with one attached hydrogen (secondary N) is 1. The van der Waals surface area contributed by atoms with Crippen molar-refractivity contribution in [2.75, 3.05) is 11.9 Å². The van der Waals surface area contributed by atoms with Gasteiger partial charge in [-0.15, -0.1) is 0 Å². The fourth-order valence-corrected chi connectivity index (χ4v) is 1.04. The van der Waals surface area contributed by atoms with E-state index in [-0.39, 0.29) is 0 Å². The summed E-state index contributed by atoms with van der Waals surface area (Å²) in [6, 6.07) is 10.1. The van der Waals surface area contributed by atoms with E-state index in [1.165, 1.54) is 0 Å². The first-order valence-electron chi connectivity index (χ1n) is 4.06. The van der Waals surface area contributed by atoms with Gasteiger partial charge in [0, 0.05) is 12.2 Å². The van der Waals surface area contributed by atoms with E-state index in [1.54, 1.807) is 0 Å². The normalized spacial score (nSPS) is 9.00. The molecule has 0 bridgehead atoms. The Morgan fingerprint density at radius 3 is 2.50 bits per heavy atom. The topological polar surface area (TPSA) is 35.8 Å². The van der Waals surface area contributed by atoms with Crippen LogP contribution in [-0.2, 0) is 6.42 Å². The summed E-state index contributed by atoms with van der Waals surface area (Å²) in [5.74, 6) is 0. The zero-order chi connectivity index (χ0) is 8.81. The van der Waals surface area contributed by atoms with Crippen LogP contribution < -0.4 is 5.32 Å². The van der Waals surface area contributed by atoms with Gasteiger partial charge in [0.15, 0.2) is 0 Å². The van der Waals surface area contributed by atoms with Gasteiger partial charge in [0.1, 0.15) is 0 Å². The molecule has 1 rings (SSSR count). The van der Waals surface area contributed by atoms with Crippen molar-refractivity contribution < 1.29 is 0 Å². The third kappa shape index (κ3) is 2.28. The van der Waals surface area contributed by atoms with Gasteiger partial charge >= 0.3 is 0 Å². The predicted octanol–water partition coefficient (Wildman–Crippen LogP) is 2.18. The first kappa shape index (κ1) is 8.61. The van der Waals surface area contributed by atoms with Crippen LogP contribution in [0.1, 0.15) is 12.5 Å². The minimum absolute atomic E-state index is 0.492. The van der Waals surface area contributed by atoms with Crippen molar-refractivity contribution in [3.05, 3.63) is 29.8 Å². The molecule has 0 amide bonds. The highest BCUT2D eigenvalue weighted by molar-refractivity contribution is 5.44. The molecule has 0 heterocycles. The summed E-state index contributed by atoms with van der Waals surface area (Å²) in [5, 5.41) is 11.6. The van der Waals surface area contributed by atoms with E-state index in [1.807, 2.05) is 24.3 Å². The highest BCUT2D eigenvalue weighted by Gasteiger charge is 1.91. The fourth-order valence-electron chi connectivity index (χ4n) is 1.04. The maximum Gasteiger partial charge on any atom is 0.0669 e. The molecule has 0 saturated carbocycles. The number of hydrogen-bond acceptors (Lipinski definition) is 2. The number of benzene rings is 1. The molecule has 0 aliphatic heterocycles. The van der Waals surface area contributed by atoms with Crippen molar-refractivity contribution in [3.8, 4) is 6.07 Å². The second-order valence-corrected chi connectivity index (χ2v) is 2.56. The molecular formula is C10H12N2. The Kier molecular flexibility index (Phi) is 3.16. The van der Waals surface area contributed by atoms with Crippen molar-refractivity contribution in [1.29, 1.82) is 5.26 Å². The lowest BCUT2D eigenvalue weighted by Gasteiger charge is -2.02. The third-order valence-corrected chi connectivity index (χ3v) is 1.62. The molecule has 1 aromatic rings. The van der Waals surface area contributed by atoms with E-state index in [2.05, 4.69) is 18.3 Å². The zero-order valence-electron chi connectivity index (χ0n) is 7.17. The summed E-state index contributed by atoms with van der Waals surface area (Å²) in [4.78, 5) is 0. The summed E-state index contributed by atoms with van der Waals surface area (Å²) in [5.41, 5.74) is 2.18. The van der Waals surface area contributed by atoms with Crippen LogP contribution in [0.25, 0.3) is 0 Å². The van der Waals surface area contributed by atoms with Gasteiger partial charge in [-0.3, -0.25) is 0 Å². The second-order valence-electron chi connectivity index (χ2n) is 2.56. The molecular weight excluding hydrogens is 148 g/mol. The van der Waals surface area contributed by atoms with Crippen molar-refractivity contribution in [3.63, 3.8) is 0 Å². The maximum absolute atomic E-state index is 8.43. The quantitative estimate of drug-likeness (QED) is 0.735. The van der Waals surface area contributed by atoms with Crippen LogP contribution in [0, 0.1) is 11.3 Å². The Balaban J connectivity index is 2.66. The number of anilines is 1. The number of rotatable bonds is 3. The van der Waals surface area contributed by atoms with Crippen molar-refractivity contribution in [2.45, 2.75) is 13.3 Å². The Labute approximate surface area is 72.8 Å². The number of nitriles is 1. The molecule has 2 nitrogen and oxygen atoms in total. The van der Waals surface area contributed by atoms with Crippen LogP contribution in [0.15, 0.2) is 24.3 Å².